The number of rotatable bonds is 10. The van der Waals surface area contributed by atoms with Crippen LogP contribution < -0.4 is 5.63 Å². The van der Waals surface area contributed by atoms with E-state index in [1.54, 1.807) is 0 Å². The van der Waals surface area contributed by atoms with E-state index in [9.17, 15) is 0 Å². The van der Waals surface area contributed by atoms with Crippen LogP contribution in [0.3, 0.4) is 0 Å². The predicted molar refractivity (Wildman–Crippen MR) is 133 cm³/mol. The van der Waals surface area contributed by atoms with Crippen LogP contribution in [0.25, 0.3) is 0 Å². The molecule has 4 nitrogen and oxygen atoms in total. The molecule has 0 saturated heterocycles. The van der Waals surface area contributed by atoms with Gasteiger partial charge in [-0.05, 0) is 0 Å². The Balaban J connectivity index is 1.67. The average molecular weight is 522 g/mol. The van der Waals surface area contributed by atoms with Crippen LogP contribution in [-0.4, -0.2) is 38.0 Å². The molecule has 0 radical (unpaired) electrons. The van der Waals surface area contributed by atoms with E-state index >= 15 is 0 Å². The summed E-state index contributed by atoms with van der Waals surface area (Å²) in [5.41, 5.74) is 2.54. The molecular formula is C28H34N2O2Zr. The van der Waals surface area contributed by atoms with Gasteiger partial charge in [-0.25, -0.2) is 0 Å². The van der Waals surface area contributed by atoms with Crippen molar-refractivity contribution in [3.05, 3.63) is 103 Å². The first-order valence-corrected chi connectivity index (χ1v) is 16.0. The van der Waals surface area contributed by atoms with Gasteiger partial charge in [-0.3, -0.25) is 0 Å². The molecule has 0 bridgehead atoms. The van der Waals surface area contributed by atoms with Gasteiger partial charge in [0.15, 0.2) is 0 Å². The van der Waals surface area contributed by atoms with Crippen LogP contribution in [0, 0.1) is 0 Å². The minimum absolute atomic E-state index is 0.887. The molecule has 0 N–H and O–H groups in total. The topological polar surface area (TPSA) is 24.9 Å². The number of hydrogen-bond acceptors (Lipinski definition) is 4. The molecule has 172 valence electrons. The maximum atomic E-state index is 6.98. The molecular weight excluding hydrogens is 488 g/mol. The molecule has 0 spiro atoms. The van der Waals surface area contributed by atoms with E-state index in [2.05, 4.69) is 123 Å². The third-order valence-electron chi connectivity index (χ3n) is 5.76. The van der Waals surface area contributed by atoms with Crippen molar-refractivity contribution in [2.75, 3.05) is 28.2 Å². The van der Waals surface area contributed by atoms with E-state index < -0.39 is 21.1 Å². The molecule has 4 rings (SSSR count). The summed E-state index contributed by atoms with van der Waals surface area (Å²) in [7, 11) is 8.34. The van der Waals surface area contributed by atoms with Crippen LogP contribution in [0.1, 0.15) is 24.0 Å². The van der Waals surface area contributed by atoms with Gasteiger partial charge in [0.1, 0.15) is 0 Å². The predicted octanol–water partition coefficient (Wildman–Crippen LogP) is 5.94. The van der Waals surface area contributed by atoms with Gasteiger partial charge in [-0.2, -0.15) is 0 Å². The van der Waals surface area contributed by atoms with Gasteiger partial charge in [0.05, 0.1) is 0 Å². The second kappa shape index (κ2) is 10.8. The third-order valence-corrected chi connectivity index (χ3v) is 14.3. The Labute approximate surface area is 204 Å². The average Bonchev–Trinajstić information content (AvgIpc) is 3.50. The van der Waals surface area contributed by atoms with Gasteiger partial charge in [-0.15, -0.1) is 0 Å². The van der Waals surface area contributed by atoms with Crippen LogP contribution in [0.15, 0.2) is 91.5 Å². The first-order valence-electron chi connectivity index (χ1n) is 11.5. The van der Waals surface area contributed by atoms with Crippen LogP contribution in [0.2, 0.25) is 0 Å². The third kappa shape index (κ3) is 6.03. The van der Waals surface area contributed by atoms with E-state index in [-0.39, 0.29) is 0 Å². The first kappa shape index (κ1) is 23.9. The molecule has 5 heteroatoms. The second-order valence-corrected chi connectivity index (χ2v) is 16.4. The summed E-state index contributed by atoms with van der Waals surface area (Å²) in [6.07, 6.45) is 14.9. The van der Waals surface area contributed by atoms with Gasteiger partial charge < -0.3 is 0 Å². The number of hydrogen-bond donors (Lipinski definition) is 0. The van der Waals surface area contributed by atoms with Crippen molar-refractivity contribution in [1.82, 2.24) is 9.80 Å². The molecule has 0 aromatic heterocycles. The Kier molecular flexibility index (Phi) is 7.85. The molecule has 33 heavy (non-hydrogen) atoms. The normalized spacial score (nSPS) is 15.3. The molecule has 0 saturated carbocycles. The van der Waals surface area contributed by atoms with Crippen LogP contribution in [0.5, 0.6) is 11.5 Å². The van der Waals surface area contributed by atoms with Crippen LogP contribution in [-0.2, 0) is 34.2 Å². The van der Waals surface area contributed by atoms with Gasteiger partial charge in [0, 0.05) is 0 Å². The Hall–Kier alpha value is -2.20. The fourth-order valence-corrected chi connectivity index (χ4v) is 12.4. The number of benzene rings is 2. The summed E-state index contributed by atoms with van der Waals surface area (Å²) in [5.74, 6) is 1.77. The summed E-state index contributed by atoms with van der Waals surface area (Å²) < 4.78 is 16.6. The molecule has 0 atom stereocenters. The van der Waals surface area contributed by atoms with E-state index in [0.717, 1.165) is 37.4 Å². The van der Waals surface area contributed by atoms with E-state index in [4.69, 9.17) is 5.63 Å². The molecule has 2 aliphatic carbocycles. The zero-order valence-electron chi connectivity index (χ0n) is 20.1. The minimum atomic E-state index is -3.93. The molecule has 0 amide bonds. The van der Waals surface area contributed by atoms with E-state index in [0.29, 0.717) is 0 Å². The second-order valence-electron chi connectivity index (χ2n) is 9.23. The fraction of sp³-hybridized carbons (Fsp3) is 0.286. The SMILES string of the molecule is CN(C)Cc1ccc([O][Zr]([O]c2ccc(CN(C)C)cc2)([C]2=CC=CC2)[C]2=CC=CC2)cc1. The van der Waals surface area contributed by atoms with Gasteiger partial charge in [0.2, 0.25) is 0 Å². The first-order chi connectivity index (χ1) is 15.9. The molecule has 0 aliphatic heterocycles. The van der Waals surface area contributed by atoms with Crippen molar-refractivity contribution in [2.45, 2.75) is 25.9 Å². The van der Waals surface area contributed by atoms with Crippen LogP contribution in [0.4, 0.5) is 0 Å². The molecule has 2 aromatic rings. The van der Waals surface area contributed by atoms with E-state index in [1.165, 1.54) is 17.7 Å². The zero-order chi connectivity index (χ0) is 23.3. The number of allylic oxidation sites excluding steroid dienone is 8. The summed E-state index contributed by atoms with van der Waals surface area (Å²) in [6, 6.07) is 17.0. The summed E-state index contributed by atoms with van der Waals surface area (Å²) in [4.78, 5) is 4.35. The Morgan fingerprint density at radius 1 is 0.636 bits per heavy atom. The van der Waals surface area contributed by atoms with Gasteiger partial charge >= 0.3 is 205 Å². The summed E-state index contributed by atoms with van der Waals surface area (Å²) in [5, 5.41) is 0. The Morgan fingerprint density at radius 2 is 1.03 bits per heavy atom. The Bertz CT molecular complexity index is 977. The molecule has 0 heterocycles. The zero-order valence-corrected chi connectivity index (χ0v) is 22.6. The van der Waals surface area contributed by atoms with Crippen molar-refractivity contribution in [3.63, 3.8) is 0 Å². The molecule has 2 aliphatic rings. The Morgan fingerprint density at radius 3 is 1.33 bits per heavy atom. The standard InChI is InChI=1S/2C9H13NO.2C5H5.Zr/c2*1-10(2)7-8-3-5-9(11)6-4-8;2*1-2-4-5-3-1;/h2*3-6,11H,7H2,1-2H3;2*1-3H,4H2;/q;;;;+2/p-2. The van der Waals surface area contributed by atoms with Crippen molar-refractivity contribution < 1.29 is 26.8 Å². The monoisotopic (exact) mass is 520 g/mol. The van der Waals surface area contributed by atoms with Gasteiger partial charge in [-0.1, -0.05) is 0 Å². The summed E-state index contributed by atoms with van der Waals surface area (Å²) in [6.45, 7) is 1.82. The molecule has 0 unspecified atom stereocenters. The van der Waals surface area contributed by atoms with Gasteiger partial charge in [0.25, 0.3) is 0 Å². The van der Waals surface area contributed by atoms with Crippen LogP contribution >= 0.6 is 0 Å². The number of nitrogens with zero attached hydrogens (tertiary/aromatic N) is 2. The van der Waals surface area contributed by atoms with Crippen molar-refractivity contribution in [1.29, 1.82) is 0 Å². The van der Waals surface area contributed by atoms with Crippen molar-refractivity contribution in [3.8, 4) is 11.5 Å². The fourth-order valence-electron chi connectivity index (χ4n) is 4.26. The maximum absolute atomic E-state index is 6.98. The molecule has 0 fully saturated rings. The molecule has 2 aromatic carbocycles. The van der Waals surface area contributed by atoms with E-state index in [1.807, 2.05) is 0 Å². The van der Waals surface area contributed by atoms with Crippen molar-refractivity contribution >= 4 is 0 Å². The summed E-state index contributed by atoms with van der Waals surface area (Å²) >= 11 is -3.93. The quantitative estimate of drug-likeness (QED) is 0.386. The van der Waals surface area contributed by atoms with Crippen molar-refractivity contribution in [2.24, 2.45) is 0 Å².